The average Bonchev–Trinajstić information content (AvgIpc) is 2.85. The van der Waals surface area contributed by atoms with Crippen LogP contribution in [0.2, 0.25) is 0 Å². The highest BCUT2D eigenvalue weighted by molar-refractivity contribution is 4.95. The van der Waals surface area contributed by atoms with Crippen molar-refractivity contribution in [2.75, 3.05) is 20.4 Å². The van der Waals surface area contributed by atoms with Gasteiger partial charge in [-0.05, 0) is 6.92 Å². The molecule has 0 heterocycles. The molecule has 48 heavy (non-hydrogen) atoms. The van der Waals surface area contributed by atoms with Crippen molar-refractivity contribution < 1.29 is 120 Å². The third-order valence-electron chi connectivity index (χ3n) is 3.84. The first-order valence-electron chi connectivity index (χ1n) is 10.9. The molecule has 0 aliphatic rings. The minimum atomic E-state index is -7.89. The molecule has 4 nitrogen and oxygen atoms in total. The van der Waals surface area contributed by atoms with E-state index in [9.17, 15) is 101 Å². The van der Waals surface area contributed by atoms with Gasteiger partial charge in [0.1, 0.15) is 0 Å². The van der Waals surface area contributed by atoms with Gasteiger partial charge in [-0.25, -0.2) is 8.78 Å². The molecule has 0 N–H and O–H groups in total. The van der Waals surface area contributed by atoms with Crippen LogP contribution < -0.4 is 0 Å². The minimum Gasteiger partial charge on any atom is -0.502 e. The molecule has 0 aromatic heterocycles. The first kappa shape index (κ1) is 52.0. The van der Waals surface area contributed by atoms with E-state index in [1.807, 2.05) is 4.74 Å². The summed E-state index contributed by atoms with van der Waals surface area (Å²) >= 11 is 0. The first-order chi connectivity index (χ1) is 20.8. The van der Waals surface area contributed by atoms with E-state index in [4.69, 9.17) is 0 Å². The van der Waals surface area contributed by atoms with Gasteiger partial charge in [-0.3, -0.25) is 13.9 Å². The summed E-state index contributed by atoms with van der Waals surface area (Å²) < 4.78 is 293. The van der Waals surface area contributed by atoms with Crippen LogP contribution in [-0.4, -0.2) is 80.9 Å². The Hall–Kier alpha value is -2.87. The molecule has 0 aliphatic heterocycles. The molecule has 0 bridgehead atoms. The zero-order chi connectivity index (χ0) is 40.1. The van der Waals surface area contributed by atoms with Crippen molar-refractivity contribution >= 4 is 0 Å². The molecule has 290 valence electrons. The van der Waals surface area contributed by atoms with Gasteiger partial charge in [-0.1, -0.05) is 19.7 Å². The standard InChI is InChI=1S/C11H5F17O3.C6H10F2O.C3H3F3.CH3F/c1-2-29-3-4(12,7(16,17)18)30-11(27,28)6(15,9(22,23)24)31-10(25,26)5(13,14)8(19,20)21;1-3-9-5-4-6(2,7)8;1-2-3(4,5)6;1-2/h2H,1,3H2;3H,1,4-5H2,2H3;2H,1H2;1H3. The zero-order valence-corrected chi connectivity index (χ0v) is 23.3. The lowest BCUT2D eigenvalue weighted by Gasteiger charge is -2.40. The summed E-state index contributed by atoms with van der Waals surface area (Å²) in [7, 11) is 0.500. The summed E-state index contributed by atoms with van der Waals surface area (Å²) in [5.74, 6) is -24.5. The molecule has 0 rings (SSSR count). The van der Waals surface area contributed by atoms with Crippen molar-refractivity contribution in [2.24, 2.45) is 0 Å². The number of rotatable bonds is 13. The maximum absolute atomic E-state index is 13.7. The van der Waals surface area contributed by atoms with E-state index in [2.05, 4.69) is 29.2 Å². The second-order valence-electron chi connectivity index (χ2n) is 7.71. The summed E-state index contributed by atoms with van der Waals surface area (Å²) in [5, 5.41) is 0. The van der Waals surface area contributed by atoms with Gasteiger partial charge in [0.25, 0.3) is 0 Å². The highest BCUT2D eigenvalue weighted by atomic mass is 19.4. The Morgan fingerprint density at radius 2 is 0.896 bits per heavy atom. The monoisotopic (exact) mass is 774 g/mol. The number of hydrogen-bond acceptors (Lipinski definition) is 4. The fraction of sp³-hybridized carbons (Fsp3) is 0.714. The number of allylic oxidation sites excluding steroid dienone is 1. The molecule has 27 heteroatoms. The fourth-order valence-electron chi connectivity index (χ4n) is 1.61. The van der Waals surface area contributed by atoms with Crippen LogP contribution in [0.15, 0.2) is 38.3 Å². The van der Waals surface area contributed by atoms with Crippen LogP contribution in [-0.2, 0) is 18.9 Å². The molecule has 0 saturated heterocycles. The van der Waals surface area contributed by atoms with Crippen molar-refractivity contribution in [1.29, 1.82) is 0 Å². The quantitative estimate of drug-likeness (QED) is 0.0809. The third kappa shape index (κ3) is 16.5. The van der Waals surface area contributed by atoms with Crippen LogP contribution in [0.25, 0.3) is 0 Å². The molecule has 0 spiro atoms. The lowest BCUT2D eigenvalue weighted by atomic mass is 10.2. The fourth-order valence-corrected chi connectivity index (χ4v) is 1.61. The van der Waals surface area contributed by atoms with Gasteiger partial charge in [0, 0.05) is 12.5 Å². The highest BCUT2D eigenvalue weighted by Gasteiger charge is 2.85. The van der Waals surface area contributed by atoms with E-state index < -0.39 is 67.1 Å². The van der Waals surface area contributed by atoms with Gasteiger partial charge in [-0.2, -0.15) is 87.8 Å². The Kier molecular flexibility index (Phi) is 19.7. The molecule has 0 fully saturated rings. The molecule has 0 amide bonds. The molecule has 0 radical (unpaired) electrons. The summed E-state index contributed by atoms with van der Waals surface area (Å²) in [6.45, 7) is 6.19. The smallest absolute Gasteiger partial charge is 0.462 e. The molecule has 0 aliphatic carbocycles. The van der Waals surface area contributed by atoms with Crippen molar-refractivity contribution in [3.05, 3.63) is 38.3 Å². The van der Waals surface area contributed by atoms with Crippen LogP contribution in [0.3, 0.4) is 0 Å². The Bertz CT molecular complexity index is 948. The van der Waals surface area contributed by atoms with Gasteiger partial charge >= 0.3 is 54.6 Å². The Balaban J connectivity index is -0.000000464. The Labute approximate surface area is 253 Å². The van der Waals surface area contributed by atoms with Crippen molar-refractivity contribution in [3.63, 3.8) is 0 Å². The van der Waals surface area contributed by atoms with E-state index in [1.54, 1.807) is 0 Å². The Morgan fingerprint density at radius 3 is 1.15 bits per heavy atom. The van der Waals surface area contributed by atoms with E-state index in [1.165, 1.54) is 4.74 Å². The normalized spacial score (nSPS) is 15.8. The van der Waals surface area contributed by atoms with Crippen molar-refractivity contribution in [2.45, 2.75) is 73.8 Å². The topological polar surface area (TPSA) is 36.9 Å². The third-order valence-corrected chi connectivity index (χ3v) is 3.84. The van der Waals surface area contributed by atoms with E-state index >= 15 is 0 Å². The van der Waals surface area contributed by atoms with E-state index in [0.29, 0.717) is 7.18 Å². The molecule has 0 aromatic carbocycles. The first-order valence-corrected chi connectivity index (χ1v) is 10.9. The maximum atomic E-state index is 13.7. The lowest BCUT2D eigenvalue weighted by Crippen LogP contribution is -2.67. The lowest BCUT2D eigenvalue weighted by molar-refractivity contribution is -0.552. The maximum Gasteiger partial charge on any atom is 0.462 e. The van der Waals surface area contributed by atoms with Crippen molar-refractivity contribution in [3.8, 4) is 0 Å². The average molecular weight is 774 g/mol. The molecular weight excluding hydrogens is 753 g/mol. The number of hydrogen-bond donors (Lipinski definition) is 0. The second-order valence-corrected chi connectivity index (χ2v) is 7.71. The molecule has 2 atom stereocenters. The molecule has 0 saturated carbocycles. The van der Waals surface area contributed by atoms with Gasteiger partial charge in [0.2, 0.25) is 5.92 Å². The molecule has 0 aromatic rings. The predicted molar refractivity (Wildman–Crippen MR) is 114 cm³/mol. The second kappa shape index (κ2) is 18.2. The van der Waals surface area contributed by atoms with Crippen LogP contribution in [0.4, 0.5) is 101 Å². The minimum absolute atomic E-state index is 0.0347. The summed E-state index contributed by atoms with van der Waals surface area (Å²) in [6, 6.07) is 0. The van der Waals surface area contributed by atoms with Gasteiger partial charge in [-0.15, -0.1) is 0 Å². The zero-order valence-electron chi connectivity index (χ0n) is 23.3. The van der Waals surface area contributed by atoms with Crippen LogP contribution in [0.1, 0.15) is 13.3 Å². The van der Waals surface area contributed by atoms with Crippen molar-refractivity contribution in [1.82, 2.24) is 0 Å². The van der Waals surface area contributed by atoms with E-state index in [0.717, 1.165) is 13.2 Å². The van der Waals surface area contributed by atoms with Crippen LogP contribution >= 0.6 is 0 Å². The van der Waals surface area contributed by atoms with Gasteiger partial charge in [0.15, 0.2) is 6.61 Å². The van der Waals surface area contributed by atoms with Crippen LogP contribution in [0, 0.1) is 0 Å². The summed E-state index contributed by atoms with van der Waals surface area (Å²) in [4.78, 5) is 0. The van der Waals surface area contributed by atoms with E-state index in [-0.39, 0.29) is 25.4 Å². The number of halogens is 23. The number of ether oxygens (including phenoxy) is 4. The van der Waals surface area contributed by atoms with Crippen LogP contribution in [0.5, 0.6) is 0 Å². The molecule has 2 unspecified atom stereocenters. The Morgan fingerprint density at radius 1 is 0.521 bits per heavy atom. The number of alkyl halides is 23. The molecular formula is C21H21F23O4. The SMILES string of the molecule is C=CC(F)(F)F.C=COCC(F)(OC(F)(F)C(F)(OC(F)(F)C(F)(F)C(F)(F)F)C(F)(F)F)C(F)(F)F.C=COCCC(C)(F)F.CF. The van der Waals surface area contributed by atoms with Gasteiger partial charge in [0.05, 0.1) is 26.3 Å². The largest absolute Gasteiger partial charge is 0.502 e. The predicted octanol–water partition coefficient (Wildman–Crippen LogP) is 10.5. The summed E-state index contributed by atoms with van der Waals surface area (Å²) in [5.41, 5.74) is 0. The highest BCUT2D eigenvalue weighted by Crippen LogP contribution is 2.56. The summed E-state index contributed by atoms with van der Waals surface area (Å²) in [6.07, 6.45) is -41.2. The van der Waals surface area contributed by atoms with Gasteiger partial charge < -0.3 is 9.47 Å².